The highest BCUT2D eigenvalue weighted by Gasteiger charge is 2.06. The molecule has 0 fully saturated rings. The van der Waals surface area contributed by atoms with Crippen LogP contribution in [0.4, 0.5) is 5.82 Å². The molecule has 0 spiro atoms. The van der Waals surface area contributed by atoms with Crippen molar-refractivity contribution in [1.29, 1.82) is 0 Å². The van der Waals surface area contributed by atoms with Gasteiger partial charge in [0.2, 0.25) is 0 Å². The third-order valence-electron chi connectivity index (χ3n) is 1.95. The van der Waals surface area contributed by atoms with Crippen LogP contribution in [0.5, 0.6) is 0 Å². The van der Waals surface area contributed by atoms with E-state index >= 15 is 0 Å². The van der Waals surface area contributed by atoms with Gasteiger partial charge in [0.25, 0.3) is 0 Å². The molecule has 14 heavy (non-hydrogen) atoms. The number of aromatic nitrogens is 1. The first-order valence-corrected chi connectivity index (χ1v) is 5.71. The van der Waals surface area contributed by atoms with E-state index in [4.69, 9.17) is 11.6 Å². The van der Waals surface area contributed by atoms with Crippen LogP contribution in [0, 0.1) is 6.92 Å². The third-order valence-corrected chi connectivity index (χ3v) is 2.92. The number of hydrogen-bond donors (Lipinski definition) is 0. The normalized spacial score (nSPS) is 12.6. The van der Waals surface area contributed by atoms with Crippen LogP contribution in [0.1, 0.15) is 12.5 Å². The lowest BCUT2D eigenvalue weighted by Crippen LogP contribution is -2.25. The SMILES string of the molecule is Cc1cc(N(C)CC(C)Cl)ncc1Br. The Labute approximate surface area is 98.4 Å². The first kappa shape index (κ1) is 11.8. The molecule has 0 N–H and O–H groups in total. The molecule has 0 aliphatic heterocycles. The van der Waals surface area contributed by atoms with E-state index in [1.54, 1.807) is 0 Å². The van der Waals surface area contributed by atoms with Crippen molar-refractivity contribution in [3.05, 3.63) is 22.3 Å². The first-order chi connectivity index (χ1) is 6.50. The lowest BCUT2D eigenvalue weighted by atomic mass is 10.3. The molecule has 1 unspecified atom stereocenters. The van der Waals surface area contributed by atoms with E-state index in [-0.39, 0.29) is 5.38 Å². The molecule has 0 aromatic carbocycles. The standard InChI is InChI=1S/C10H14BrClN2/c1-7-4-10(13-5-9(7)11)14(3)6-8(2)12/h4-5,8H,6H2,1-3H3. The van der Waals surface area contributed by atoms with Crippen LogP contribution < -0.4 is 4.90 Å². The van der Waals surface area contributed by atoms with Crippen molar-refractivity contribution in [1.82, 2.24) is 4.98 Å². The lowest BCUT2D eigenvalue weighted by Gasteiger charge is -2.19. The Kier molecular flexibility index (Phi) is 4.20. The fourth-order valence-corrected chi connectivity index (χ4v) is 1.63. The van der Waals surface area contributed by atoms with Crippen LogP contribution in [-0.2, 0) is 0 Å². The Balaban J connectivity index is 2.80. The maximum Gasteiger partial charge on any atom is 0.128 e. The minimum absolute atomic E-state index is 0.130. The number of rotatable bonds is 3. The predicted molar refractivity (Wildman–Crippen MR) is 65.3 cm³/mol. The van der Waals surface area contributed by atoms with Gasteiger partial charge in [-0.25, -0.2) is 4.98 Å². The molecule has 1 aromatic heterocycles. The van der Waals surface area contributed by atoms with Crippen LogP contribution in [0.3, 0.4) is 0 Å². The van der Waals surface area contributed by atoms with Crippen LogP contribution in [0.25, 0.3) is 0 Å². The zero-order valence-corrected chi connectivity index (χ0v) is 10.9. The molecule has 0 saturated carbocycles. The van der Waals surface area contributed by atoms with Gasteiger partial charge in [-0.2, -0.15) is 0 Å². The van der Waals surface area contributed by atoms with E-state index in [2.05, 4.69) is 25.8 Å². The number of pyridine rings is 1. The highest BCUT2D eigenvalue weighted by Crippen LogP contribution is 2.19. The minimum atomic E-state index is 0.130. The van der Waals surface area contributed by atoms with Gasteiger partial charge >= 0.3 is 0 Å². The molecule has 0 bridgehead atoms. The largest absolute Gasteiger partial charge is 0.358 e. The quantitative estimate of drug-likeness (QED) is 0.789. The average Bonchev–Trinajstić information content (AvgIpc) is 2.08. The van der Waals surface area contributed by atoms with Crippen LogP contribution in [0.2, 0.25) is 0 Å². The molecule has 1 heterocycles. The Morgan fingerprint density at radius 3 is 2.79 bits per heavy atom. The van der Waals surface area contributed by atoms with Crippen molar-refractivity contribution in [3.8, 4) is 0 Å². The molecule has 0 aliphatic carbocycles. The molecule has 4 heteroatoms. The number of alkyl halides is 1. The second-order valence-corrected chi connectivity index (χ2v) is 5.05. The van der Waals surface area contributed by atoms with Crippen molar-refractivity contribution in [2.75, 3.05) is 18.5 Å². The molecule has 0 aliphatic rings. The van der Waals surface area contributed by atoms with Crippen molar-refractivity contribution in [3.63, 3.8) is 0 Å². The molecule has 0 saturated heterocycles. The molecule has 0 radical (unpaired) electrons. The number of halogens is 2. The van der Waals surface area contributed by atoms with Crippen molar-refractivity contribution in [2.24, 2.45) is 0 Å². The molecule has 78 valence electrons. The number of nitrogens with zero attached hydrogens (tertiary/aromatic N) is 2. The predicted octanol–water partition coefficient (Wildman–Crippen LogP) is 3.22. The van der Waals surface area contributed by atoms with E-state index in [9.17, 15) is 0 Å². The summed E-state index contributed by atoms with van der Waals surface area (Å²) in [7, 11) is 1.99. The summed E-state index contributed by atoms with van der Waals surface area (Å²) in [5.74, 6) is 0.957. The maximum absolute atomic E-state index is 5.91. The second-order valence-electron chi connectivity index (χ2n) is 3.45. The van der Waals surface area contributed by atoms with Crippen molar-refractivity contribution < 1.29 is 0 Å². The number of hydrogen-bond acceptors (Lipinski definition) is 2. The van der Waals surface area contributed by atoms with E-state index in [1.807, 2.05) is 33.2 Å². The highest BCUT2D eigenvalue weighted by atomic mass is 79.9. The Bertz CT molecular complexity index is 315. The molecule has 1 aromatic rings. The summed E-state index contributed by atoms with van der Waals surface area (Å²) >= 11 is 9.34. The van der Waals surface area contributed by atoms with Crippen LogP contribution in [-0.4, -0.2) is 24.0 Å². The Hall–Kier alpha value is -0.280. The smallest absolute Gasteiger partial charge is 0.128 e. The summed E-state index contributed by atoms with van der Waals surface area (Å²) in [4.78, 5) is 6.37. The number of aryl methyl sites for hydroxylation is 1. The zero-order chi connectivity index (χ0) is 10.7. The summed E-state index contributed by atoms with van der Waals surface area (Å²) in [6.45, 7) is 4.83. The molecule has 1 atom stereocenters. The summed E-state index contributed by atoms with van der Waals surface area (Å²) in [6, 6.07) is 2.04. The van der Waals surface area contributed by atoms with E-state index < -0.39 is 0 Å². The van der Waals surface area contributed by atoms with Gasteiger partial charge < -0.3 is 4.90 Å². The van der Waals surface area contributed by atoms with E-state index in [0.29, 0.717) is 0 Å². The second kappa shape index (κ2) is 4.99. The fourth-order valence-electron chi connectivity index (χ4n) is 1.20. The third kappa shape index (κ3) is 3.14. The van der Waals surface area contributed by atoms with E-state index in [0.717, 1.165) is 16.8 Å². The molecular formula is C10H14BrClN2. The lowest BCUT2D eigenvalue weighted by molar-refractivity contribution is 0.843. The maximum atomic E-state index is 5.91. The van der Waals surface area contributed by atoms with Gasteiger partial charge in [0, 0.05) is 29.6 Å². The van der Waals surface area contributed by atoms with Crippen LogP contribution in [0.15, 0.2) is 16.7 Å². The Morgan fingerprint density at radius 2 is 2.29 bits per heavy atom. The summed E-state index contributed by atoms with van der Waals surface area (Å²) in [6.07, 6.45) is 1.82. The highest BCUT2D eigenvalue weighted by molar-refractivity contribution is 9.10. The van der Waals surface area contributed by atoms with Gasteiger partial charge in [-0.05, 0) is 41.4 Å². The van der Waals surface area contributed by atoms with Gasteiger partial charge in [-0.3, -0.25) is 0 Å². The average molecular weight is 278 g/mol. The van der Waals surface area contributed by atoms with E-state index in [1.165, 1.54) is 5.56 Å². The van der Waals surface area contributed by atoms with Gasteiger partial charge in [-0.1, -0.05) is 0 Å². The van der Waals surface area contributed by atoms with Gasteiger partial charge in [0.1, 0.15) is 5.82 Å². The van der Waals surface area contributed by atoms with Gasteiger partial charge in [-0.15, -0.1) is 11.6 Å². The molecule has 0 amide bonds. The summed E-state index contributed by atoms with van der Waals surface area (Å²) in [5.41, 5.74) is 1.18. The molecule has 2 nitrogen and oxygen atoms in total. The van der Waals surface area contributed by atoms with Gasteiger partial charge in [0.05, 0.1) is 0 Å². The molecule has 1 rings (SSSR count). The monoisotopic (exact) mass is 276 g/mol. The topological polar surface area (TPSA) is 16.1 Å². The summed E-state index contributed by atoms with van der Waals surface area (Å²) in [5, 5.41) is 0.130. The van der Waals surface area contributed by atoms with Gasteiger partial charge in [0.15, 0.2) is 0 Å². The fraction of sp³-hybridized carbons (Fsp3) is 0.500. The zero-order valence-electron chi connectivity index (χ0n) is 8.59. The summed E-state index contributed by atoms with van der Waals surface area (Å²) < 4.78 is 1.04. The van der Waals surface area contributed by atoms with Crippen molar-refractivity contribution in [2.45, 2.75) is 19.2 Å². The minimum Gasteiger partial charge on any atom is -0.358 e. The number of anilines is 1. The van der Waals surface area contributed by atoms with Crippen molar-refractivity contribution >= 4 is 33.3 Å². The van der Waals surface area contributed by atoms with Crippen LogP contribution >= 0.6 is 27.5 Å². The Morgan fingerprint density at radius 1 is 1.64 bits per heavy atom. The first-order valence-electron chi connectivity index (χ1n) is 4.48. The molecular weight excluding hydrogens is 263 g/mol.